The van der Waals surface area contributed by atoms with Crippen molar-refractivity contribution in [2.45, 2.75) is 13.5 Å². The second-order valence-corrected chi connectivity index (χ2v) is 8.86. The fraction of sp³-hybridized carbons (Fsp3) is 0.148. The third-order valence-electron chi connectivity index (χ3n) is 5.26. The Morgan fingerprint density at radius 2 is 2.03 bits per heavy atom. The number of aromatic carboxylic acids is 1. The van der Waals surface area contributed by atoms with Crippen LogP contribution in [0.2, 0.25) is 0 Å². The Morgan fingerprint density at radius 3 is 2.75 bits per heavy atom. The van der Waals surface area contributed by atoms with Crippen molar-refractivity contribution in [2.75, 3.05) is 13.7 Å². The van der Waals surface area contributed by atoms with E-state index in [1.165, 1.54) is 6.07 Å². The van der Waals surface area contributed by atoms with E-state index in [4.69, 9.17) is 14.2 Å². The van der Waals surface area contributed by atoms with Gasteiger partial charge in [0.1, 0.15) is 24.3 Å². The van der Waals surface area contributed by atoms with Crippen LogP contribution in [0.15, 0.2) is 54.6 Å². The fourth-order valence-corrected chi connectivity index (χ4v) is 4.37. The van der Waals surface area contributed by atoms with Crippen molar-refractivity contribution in [2.24, 2.45) is 0 Å². The first-order valence-corrected chi connectivity index (χ1v) is 12.1. The molecule has 4 aromatic rings. The average molecular weight is 595 g/mol. The second kappa shape index (κ2) is 11.1. The minimum Gasteiger partial charge on any atom is -0.497 e. The maximum Gasteiger partial charge on any atom is 0.335 e. The number of hydrogen-bond donors (Lipinski definition) is 2. The molecular formula is C27H22IN3O5. The summed E-state index contributed by atoms with van der Waals surface area (Å²) in [7, 11) is 1.59. The molecule has 0 aliphatic carbocycles. The molecule has 0 unspecified atom stereocenters. The molecule has 1 heterocycles. The van der Waals surface area contributed by atoms with Gasteiger partial charge in [0.05, 0.1) is 39.5 Å². The summed E-state index contributed by atoms with van der Waals surface area (Å²) in [6.07, 6.45) is 1.74. The number of hydrogen-bond acceptors (Lipinski definition) is 6. The highest BCUT2D eigenvalue weighted by atomic mass is 127. The molecule has 0 saturated carbocycles. The first-order valence-electron chi connectivity index (χ1n) is 11.0. The number of nitrogens with one attached hydrogen (secondary N) is 1. The Balaban J connectivity index is 1.64. The summed E-state index contributed by atoms with van der Waals surface area (Å²) in [6, 6.07) is 18.0. The summed E-state index contributed by atoms with van der Waals surface area (Å²) >= 11 is 2.16. The summed E-state index contributed by atoms with van der Waals surface area (Å²) in [6.45, 7) is 2.47. The van der Waals surface area contributed by atoms with Crippen molar-refractivity contribution in [1.29, 1.82) is 5.26 Å². The minimum absolute atomic E-state index is 0.179. The van der Waals surface area contributed by atoms with Crippen LogP contribution in [0, 0.1) is 14.9 Å². The Morgan fingerprint density at radius 1 is 1.19 bits per heavy atom. The summed E-state index contributed by atoms with van der Waals surface area (Å²) in [5.74, 6) is 1.23. The molecule has 0 fully saturated rings. The largest absolute Gasteiger partial charge is 0.497 e. The molecule has 0 aliphatic heterocycles. The number of benzene rings is 3. The van der Waals surface area contributed by atoms with Gasteiger partial charge in [0.2, 0.25) is 0 Å². The van der Waals surface area contributed by atoms with Gasteiger partial charge in [0.25, 0.3) is 0 Å². The van der Waals surface area contributed by atoms with Gasteiger partial charge in [-0.2, -0.15) is 5.26 Å². The molecule has 3 aromatic carbocycles. The molecule has 0 bridgehead atoms. The van der Waals surface area contributed by atoms with Crippen molar-refractivity contribution in [3.05, 3.63) is 80.7 Å². The van der Waals surface area contributed by atoms with Crippen molar-refractivity contribution < 1.29 is 24.1 Å². The summed E-state index contributed by atoms with van der Waals surface area (Å²) < 4.78 is 17.9. The van der Waals surface area contributed by atoms with E-state index < -0.39 is 5.97 Å². The molecular weight excluding hydrogens is 573 g/mol. The van der Waals surface area contributed by atoms with Crippen LogP contribution < -0.4 is 14.2 Å². The highest BCUT2D eigenvalue weighted by molar-refractivity contribution is 14.1. The molecule has 1 aromatic heterocycles. The summed E-state index contributed by atoms with van der Waals surface area (Å²) in [4.78, 5) is 19.0. The quantitative estimate of drug-likeness (QED) is 0.182. The average Bonchev–Trinajstić information content (AvgIpc) is 3.30. The molecule has 0 radical (unpaired) electrons. The van der Waals surface area contributed by atoms with Crippen molar-refractivity contribution >= 4 is 51.2 Å². The van der Waals surface area contributed by atoms with Crippen molar-refractivity contribution in [3.63, 3.8) is 0 Å². The van der Waals surface area contributed by atoms with Gasteiger partial charge in [-0.05, 0) is 83.1 Å². The van der Waals surface area contributed by atoms with Crippen LogP contribution in [-0.2, 0) is 6.61 Å². The Hall–Kier alpha value is -4.04. The topological polar surface area (TPSA) is 117 Å². The number of halogens is 1. The number of carbonyl (C=O) groups is 1. The highest BCUT2D eigenvalue weighted by Crippen LogP contribution is 2.36. The maximum absolute atomic E-state index is 11.3. The van der Waals surface area contributed by atoms with E-state index in [0.29, 0.717) is 35.3 Å². The number of methoxy groups -OCH3 is 1. The van der Waals surface area contributed by atoms with Crippen molar-refractivity contribution in [1.82, 2.24) is 9.97 Å². The highest BCUT2D eigenvalue weighted by Gasteiger charge is 2.15. The number of carboxylic acid groups (broad SMARTS) is 1. The standard InChI is InChI=1S/C27H22IN3O5/c1-3-35-24-12-17(10-19(14-29)26-30-22-8-7-20(34-2)13-23(22)31-26)11-21(28)25(24)36-15-16-5-4-6-18(9-16)27(32)33/h4-13H,3,15H2,1-2H3,(H,30,31)(H,32,33)/b19-10-. The van der Waals surface area contributed by atoms with Crippen LogP contribution in [0.3, 0.4) is 0 Å². The zero-order chi connectivity index (χ0) is 25.7. The number of aromatic amines is 1. The molecule has 182 valence electrons. The first-order chi connectivity index (χ1) is 17.4. The Kier molecular flexibility index (Phi) is 7.75. The molecule has 4 rings (SSSR count). The number of ether oxygens (including phenoxy) is 3. The van der Waals surface area contributed by atoms with E-state index >= 15 is 0 Å². The fourth-order valence-electron chi connectivity index (χ4n) is 3.59. The molecule has 0 spiro atoms. The van der Waals surface area contributed by atoms with Crippen LogP contribution in [-0.4, -0.2) is 34.8 Å². The normalized spacial score (nSPS) is 11.2. The number of nitrogens with zero attached hydrogens (tertiary/aromatic N) is 2. The predicted octanol–water partition coefficient (Wildman–Crippen LogP) is 5.92. The number of rotatable bonds is 9. The molecule has 8 nitrogen and oxygen atoms in total. The molecule has 2 N–H and O–H groups in total. The van der Waals surface area contributed by atoms with Crippen LogP contribution >= 0.6 is 22.6 Å². The van der Waals surface area contributed by atoms with Gasteiger partial charge >= 0.3 is 5.97 Å². The van der Waals surface area contributed by atoms with E-state index in [-0.39, 0.29) is 12.2 Å². The Bertz CT molecular complexity index is 1500. The van der Waals surface area contributed by atoms with Crippen LogP contribution in [0.5, 0.6) is 17.2 Å². The van der Waals surface area contributed by atoms with Gasteiger partial charge in [0.15, 0.2) is 11.5 Å². The lowest BCUT2D eigenvalue weighted by Crippen LogP contribution is -2.03. The van der Waals surface area contributed by atoms with Crippen LogP contribution in [0.25, 0.3) is 22.7 Å². The Labute approximate surface area is 221 Å². The number of carboxylic acids is 1. The van der Waals surface area contributed by atoms with Crippen LogP contribution in [0.4, 0.5) is 0 Å². The van der Waals surface area contributed by atoms with E-state index in [2.05, 4.69) is 38.6 Å². The second-order valence-electron chi connectivity index (χ2n) is 7.70. The van der Waals surface area contributed by atoms with Gasteiger partial charge < -0.3 is 24.3 Å². The number of H-pyrrole nitrogens is 1. The molecule has 0 saturated heterocycles. The number of allylic oxidation sites excluding steroid dienone is 1. The number of nitriles is 1. The minimum atomic E-state index is -0.991. The maximum atomic E-state index is 11.3. The van der Waals surface area contributed by atoms with Crippen molar-refractivity contribution in [3.8, 4) is 23.3 Å². The monoisotopic (exact) mass is 595 g/mol. The summed E-state index contributed by atoms with van der Waals surface area (Å²) in [5, 5.41) is 19.1. The molecule has 0 aliphatic rings. The van der Waals surface area contributed by atoms with Gasteiger partial charge in [-0.3, -0.25) is 0 Å². The molecule has 0 amide bonds. The van der Waals surface area contributed by atoms with Gasteiger partial charge in [0, 0.05) is 6.07 Å². The number of aromatic nitrogens is 2. The smallest absolute Gasteiger partial charge is 0.335 e. The lowest BCUT2D eigenvalue weighted by atomic mass is 10.1. The predicted molar refractivity (Wildman–Crippen MR) is 144 cm³/mol. The third kappa shape index (κ3) is 5.60. The third-order valence-corrected chi connectivity index (χ3v) is 6.07. The SMILES string of the molecule is CCOc1cc(/C=C(/C#N)c2nc3ccc(OC)cc3[nH]2)cc(I)c1OCc1cccc(C(=O)O)c1. The lowest BCUT2D eigenvalue weighted by molar-refractivity contribution is 0.0696. The first kappa shape index (κ1) is 25.1. The summed E-state index contributed by atoms with van der Waals surface area (Å²) in [5.41, 5.74) is 3.54. The molecule has 36 heavy (non-hydrogen) atoms. The van der Waals surface area contributed by atoms with E-state index in [9.17, 15) is 15.2 Å². The zero-order valence-electron chi connectivity index (χ0n) is 19.5. The number of imidazole rings is 1. The van der Waals surface area contributed by atoms with Gasteiger partial charge in [-0.25, -0.2) is 9.78 Å². The van der Waals surface area contributed by atoms with Gasteiger partial charge in [-0.1, -0.05) is 12.1 Å². The van der Waals surface area contributed by atoms with Crippen LogP contribution in [0.1, 0.15) is 34.2 Å². The number of fused-ring (bicyclic) bond motifs is 1. The van der Waals surface area contributed by atoms with E-state index in [1.54, 1.807) is 37.5 Å². The van der Waals surface area contributed by atoms with Gasteiger partial charge in [-0.15, -0.1) is 0 Å². The zero-order valence-corrected chi connectivity index (χ0v) is 21.7. The molecule has 0 atom stereocenters. The van der Waals surface area contributed by atoms with E-state index in [0.717, 1.165) is 25.7 Å². The lowest BCUT2D eigenvalue weighted by Gasteiger charge is -2.15. The molecule has 9 heteroatoms. The van der Waals surface area contributed by atoms with E-state index in [1.807, 2.05) is 31.2 Å².